The zero-order valence-electron chi connectivity index (χ0n) is 11.6. The van der Waals surface area contributed by atoms with Crippen molar-refractivity contribution < 1.29 is 4.57 Å². The van der Waals surface area contributed by atoms with Crippen molar-refractivity contribution in [1.29, 1.82) is 0 Å². The average molecular weight is 244 g/mol. The monoisotopic (exact) mass is 244 g/mol. The molecule has 0 saturated heterocycles. The Kier molecular flexibility index (Phi) is 3.41. The third-order valence-electron chi connectivity index (χ3n) is 3.16. The number of hydrogen-bond acceptors (Lipinski definition) is 1. The second-order valence-corrected chi connectivity index (χ2v) is 5.25. The molecule has 1 heterocycles. The first kappa shape index (κ1) is 12.7. The van der Waals surface area contributed by atoms with E-state index in [1.165, 1.54) is 11.4 Å². The molecule has 0 fully saturated rings. The van der Waals surface area contributed by atoms with Crippen molar-refractivity contribution in [3.8, 4) is 11.4 Å². The van der Waals surface area contributed by atoms with E-state index >= 15 is 0 Å². The largest absolute Gasteiger partial charge is 0.399 e. The van der Waals surface area contributed by atoms with E-state index in [2.05, 4.69) is 61.4 Å². The summed E-state index contributed by atoms with van der Waals surface area (Å²) in [6, 6.07) is 8.97. The van der Waals surface area contributed by atoms with Crippen molar-refractivity contribution >= 4 is 5.69 Å². The summed E-state index contributed by atoms with van der Waals surface area (Å²) in [5.41, 5.74) is 7.77. The van der Waals surface area contributed by atoms with Gasteiger partial charge in [0.1, 0.15) is 12.4 Å². The van der Waals surface area contributed by atoms with Crippen molar-refractivity contribution in [3.05, 3.63) is 36.7 Å². The van der Waals surface area contributed by atoms with E-state index in [9.17, 15) is 0 Å². The van der Waals surface area contributed by atoms with Crippen molar-refractivity contribution in [1.82, 2.24) is 4.57 Å². The van der Waals surface area contributed by atoms with Gasteiger partial charge in [-0.15, -0.1) is 0 Å². The molecule has 0 unspecified atom stereocenters. The number of benzene rings is 1. The highest BCUT2D eigenvalue weighted by atomic mass is 15.2. The van der Waals surface area contributed by atoms with Crippen LogP contribution >= 0.6 is 0 Å². The molecule has 2 aromatic rings. The van der Waals surface area contributed by atoms with Gasteiger partial charge in [0.25, 0.3) is 5.82 Å². The minimum atomic E-state index is 0.442. The lowest BCUT2D eigenvalue weighted by molar-refractivity contribution is -0.705. The number of nitrogens with zero attached hydrogens (tertiary/aromatic N) is 2. The molecule has 2 N–H and O–H groups in total. The molecule has 0 spiro atoms. The predicted octanol–water partition coefficient (Wildman–Crippen LogP) is 3.19. The second kappa shape index (κ2) is 4.84. The van der Waals surface area contributed by atoms with E-state index in [0.717, 1.165) is 5.69 Å². The lowest BCUT2D eigenvalue weighted by Crippen LogP contribution is -2.37. The summed E-state index contributed by atoms with van der Waals surface area (Å²) in [5.74, 6) is 1.24. The number of hydrogen-bond donors (Lipinski definition) is 1. The molecule has 0 atom stereocenters. The van der Waals surface area contributed by atoms with Crippen LogP contribution < -0.4 is 10.3 Å². The van der Waals surface area contributed by atoms with Crippen LogP contribution in [0.4, 0.5) is 5.69 Å². The van der Waals surface area contributed by atoms with Gasteiger partial charge in [-0.05, 0) is 52.0 Å². The third kappa shape index (κ3) is 2.26. The molecule has 0 bridgehead atoms. The number of nitrogen functional groups attached to an aromatic ring is 1. The maximum absolute atomic E-state index is 5.76. The fraction of sp³-hybridized carbons (Fsp3) is 0.400. The molecule has 0 radical (unpaired) electrons. The zero-order valence-corrected chi connectivity index (χ0v) is 11.6. The van der Waals surface area contributed by atoms with Gasteiger partial charge in [0.05, 0.1) is 17.6 Å². The SMILES string of the molecule is CC(C)n1cc[n+](C(C)C)c1-c1ccc(N)cc1. The van der Waals surface area contributed by atoms with Crippen LogP contribution in [0.5, 0.6) is 0 Å². The van der Waals surface area contributed by atoms with Gasteiger partial charge in [-0.3, -0.25) is 0 Å². The van der Waals surface area contributed by atoms with Crippen molar-refractivity contribution in [2.24, 2.45) is 0 Å². The minimum Gasteiger partial charge on any atom is -0.399 e. The minimum absolute atomic E-state index is 0.442. The fourth-order valence-corrected chi connectivity index (χ4v) is 2.18. The Morgan fingerprint density at radius 2 is 1.67 bits per heavy atom. The van der Waals surface area contributed by atoms with Crippen LogP contribution in [0.25, 0.3) is 11.4 Å². The van der Waals surface area contributed by atoms with Gasteiger partial charge in [-0.25, -0.2) is 9.13 Å². The molecule has 96 valence electrons. The van der Waals surface area contributed by atoms with Crippen LogP contribution in [0, 0.1) is 0 Å². The Balaban J connectivity index is 2.59. The summed E-state index contributed by atoms with van der Waals surface area (Å²) in [5, 5.41) is 0. The van der Waals surface area contributed by atoms with Crippen LogP contribution in [-0.2, 0) is 0 Å². The molecule has 0 amide bonds. The van der Waals surface area contributed by atoms with Crippen LogP contribution in [0.1, 0.15) is 39.8 Å². The third-order valence-corrected chi connectivity index (χ3v) is 3.16. The van der Waals surface area contributed by atoms with E-state index in [1.54, 1.807) is 0 Å². The van der Waals surface area contributed by atoms with Gasteiger partial charge in [0.2, 0.25) is 0 Å². The van der Waals surface area contributed by atoms with Gasteiger partial charge in [-0.2, -0.15) is 0 Å². The summed E-state index contributed by atoms with van der Waals surface area (Å²) in [6.07, 6.45) is 4.30. The summed E-state index contributed by atoms with van der Waals surface area (Å²) in [6.45, 7) is 8.80. The molecule has 0 saturated carbocycles. The molecular weight excluding hydrogens is 222 g/mol. The molecule has 1 aromatic carbocycles. The number of rotatable bonds is 3. The average Bonchev–Trinajstić information content (AvgIpc) is 2.74. The number of imidazole rings is 1. The maximum atomic E-state index is 5.76. The van der Waals surface area contributed by atoms with Crippen molar-refractivity contribution in [2.75, 3.05) is 5.73 Å². The van der Waals surface area contributed by atoms with E-state index in [4.69, 9.17) is 5.73 Å². The lowest BCUT2D eigenvalue weighted by atomic mass is 10.1. The first-order chi connectivity index (χ1) is 8.50. The molecule has 0 aliphatic rings. The standard InChI is InChI=1S/C15H21N3/c1-11(2)17-9-10-18(12(3)4)15(17)13-5-7-14(16)8-6-13/h5-12,16H,1-4H3/p+1. The van der Waals surface area contributed by atoms with Crippen LogP contribution in [0.3, 0.4) is 0 Å². The maximum Gasteiger partial charge on any atom is 0.289 e. The first-order valence-corrected chi connectivity index (χ1v) is 6.48. The summed E-state index contributed by atoms with van der Waals surface area (Å²) in [7, 11) is 0. The van der Waals surface area contributed by atoms with E-state index < -0.39 is 0 Å². The molecule has 3 nitrogen and oxygen atoms in total. The Labute approximate surface area is 109 Å². The predicted molar refractivity (Wildman–Crippen MR) is 75.2 cm³/mol. The summed E-state index contributed by atoms with van der Waals surface area (Å²) >= 11 is 0. The van der Waals surface area contributed by atoms with Gasteiger partial charge in [-0.1, -0.05) is 0 Å². The normalized spacial score (nSPS) is 11.4. The highest BCUT2D eigenvalue weighted by Gasteiger charge is 2.22. The molecule has 1 aromatic heterocycles. The smallest absolute Gasteiger partial charge is 0.289 e. The second-order valence-electron chi connectivity index (χ2n) is 5.25. The van der Waals surface area contributed by atoms with Gasteiger partial charge in [0, 0.05) is 5.69 Å². The van der Waals surface area contributed by atoms with Gasteiger partial charge in [0.15, 0.2) is 0 Å². The summed E-state index contributed by atoms with van der Waals surface area (Å²) < 4.78 is 4.59. The van der Waals surface area contributed by atoms with Crippen molar-refractivity contribution in [3.63, 3.8) is 0 Å². The van der Waals surface area contributed by atoms with E-state index in [0.29, 0.717) is 12.1 Å². The summed E-state index contributed by atoms with van der Waals surface area (Å²) in [4.78, 5) is 0. The molecule has 0 aliphatic heterocycles. The molecular formula is C15H22N3+. The Hall–Kier alpha value is -1.77. The number of nitrogens with two attached hydrogens (primary N) is 1. The van der Waals surface area contributed by atoms with Gasteiger partial charge >= 0.3 is 0 Å². The van der Waals surface area contributed by atoms with Crippen molar-refractivity contribution in [2.45, 2.75) is 39.8 Å². The van der Waals surface area contributed by atoms with E-state index in [-0.39, 0.29) is 0 Å². The Morgan fingerprint density at radius 3 is 2.17 bits per heavy atom. The Morgan fingerprint density at radius 1 is 1.06 bits per heavy atom. The van der Waals surface area contributed by atoms with Crippen LogP contribution in [0.15, 0.2) is 36.7 Å². The Bertz CT molecular complexity index is 496. The van der Waals surface area contributed by atoms with Crippen LogP contribution in [0.2, 0.25) is 0 Å². The fourth-order valence-electron chi connectivity index (χ4n) is 2.18. The molecule has 18 heavy (non-hydrogen) atoms. The lowest BCUT2D eigenvalue weighted by Gasteiger charge is -2.10. The topological polar surface area (TPSA) is 34.8 Å². The highest BCUT2D eigenvalue weighted by Crippen LogP contribution is 2.22. The highest BCUT2D eigenvalue weighted by molar-refractivity contribution is 5.57. The zero-order chi connectivity index (χ0) is 13.3. The molecule has 3 heteroatoms. The number of aromatic nitrogens is 2. The van der Waals surface area contributed by atoms with E-state index in [1.807, 2.05) is 12.1 Å². The molecule has 2 rings (SSSR count). The van der Waals surface area contributed by atoms with Gasteiger partial charge < -0.3 is 5.73 Å². The first-order valence-electron chi connectivity index (χ1n) is 6.48. The van der Waals surface area contributed by atoms with Crippen LogP contribution in [-0.4, -0.2) is 4.57 Å². The number of anilines is 1. The quantitative estimate of drug-likeness (QED) is 0.653. The molecule has 0 aliphatic carbocycles.